The predicted molar refractivity (Wildman–Crippen MR) is 329 cm³/mol. The van der Waals surface area contributed by atoms with E-state index in [0.717, 1.165) is 27.7 Å². The molecule has 0 spiro atoms. The molecule has 4 aromatic heterocycles. The number of fused-ring (bicyclic) bond motifs is 8. The fourth-order valence-corrected chi connectivity index (χ4v) is 21.8. The molecule has 492 valence electrons. The lowest BCUT2D eigenvalue weighted by molar-refractivity contribution is 0.474. The molecule has 4 aromatic carbocycles. The van der Waals surface area contributed by atoms with E-state index >= 15 is 0 Å². The maximum Gasteiger partial charge on any atom is 0.295 e. The second-order valence-corrected chi connectivity index (χ2v) is 32.9. The average Bonchev–Trinajstić information content (AvgIpc) is 1.19. The van der Waals surface area contributed by atoms with Crippen LogP contribution in [0.4, 0.5) is 0 Å². The lowest BCUT2D eigenvalue weighted by atomic mass is 9.91. The zero-order chi connectivity index (χ0) is 69.3. The van der Waals surface area contributed by atoms with Gasteiger partial charge in [0.2, 0.25) is 0 Å². The summed E-state index contributed by atoms with van der Waals surface area (Å²) in [5, 5.41) is -0.788. The van der Waals surface area contributed by atoms with Gasteiger partial charge >= 0.3 is 0 Å². The Hall–Kier alpha value is -7.24. The maximum atomic E-state index is 13.5. The highest BCUT2D eigenvalue weighted by Crippen LogP contribution is 2.44. The van der Waals surface area contributed by atoms with E-state index in [9.17, 15) is 104 Å². The first-order valence-electron chi connectivity index (χ1n) is 26.4. The van der Waals surface area contributed by atoms with E-state index in [2.05, 4.69) is 19.9 Å². The van der Waals surface area contributed by atoms with Crippen LogP contribution in [0.1, 0.15) is 112 Å². The van der Waals surface area contributed by atoms with Crippen LogP contribution >= 0.6 is 0 Å². The van der Waals surface area contributed by atoms with Gasteiger partial charge in [-0.1, -0.05) is 0 Å². The molecular weight excluding hydrogens is 1370 g/mol. The fraction of sp³-hybridized carbons (Fsp3) is 0.214. The van der Waals surface area contributed by atoms with E-state index in [1.807, 2.05) is 0 Å². The van der Waals surface area contributed by atoms with Crippen molar-refractivity contribution in [2.75, 3.05) is 0 Å². The number of hydrogen-bond acceptors (Lipinski definition) is 16. The molecule has 0 radical (unpaired) electrons. The highest BCUT2D eigenvalue weighted by atomic mass is 32.2. The van der Waals surface area contributed by atoms with Crippen LogP contribution in [-0.2, 0) is 80.9 Å². The molecule has 8 bridgehead atoms. The van der Waals surface area contributed by atoms with Crippen LogP contribution in [-0.4, -0.2) is 124 Å². The highest BCUT2D eigenvalue weighted by Gasteiger charge is 2.38. The molecule has 0 atom stereocenters. The van der Waals surface area contributed by atoms with Crippen LogP contribution in [0.5, 0.6) is 0 Å². The summed E-state index contributed by atoms with van der Waals surface area (Å²) in [6, 6.07) is 10.3. The van der Waals surface area contributed by atoms with Gasteiger partial charge in [-0.3, -0.25) is 36.4 Å². The number of hydrogen-bond donors (Lipinski definition) is 12. The van der Waals surface area contributed by atoms with Crippen LogP contribution in [0.25, 0.3) is 22.3 Å². The van der Waals surface area contributed by atoms with Gasteiger partial charge < -0.3 is 19.9 Å². The van der Waals surface area contributed by atoms with E-state index in [4.69, 9.17) is 0 Å². The minimum atomic E-state index is -5.46. The molecule has 1 aliphatic rings. The van der Waals surface area contributed by atoms with Gasteiger partial charge in [0, 0.05) is 66.5 Å². The fourth-order valence-electron chi connectivity index (χ4n) is 13.7. The van der Waals surface area contributed by atoms with Crippen LogP contribution < -0.4 is 21.4 Å². The SMILES string of the molecule is Cc1c(C2=c3ccc([nH]3)=C(c3c(C)c(S(=O)(=O)O)c(C)c(S(=O)(=O)O)c3C)c3ccc([nH]3)C(c3c(C)c(S(=O)(=O)O)c(C)c(S(=O)(=O)O)c3C)=c3ccc([nH]3)=C(c3c(C)c(S(=O)(=O)O)c(C)c(S(=O)(=O)O)c3C)c3ccc2[nH]3)c(C)c(S(=O)(=O)O)c(C)c1S(=O)(=O)O. The third kappa shape index (κ3) is 11.4. The Morgan fingerprint density at radius 3 is 0.457 bits per heavy atom. The van der Waals surface area contributed by atoms with Gasteiger partial charge in [0.15, 0.2) is 0 Å². The molecule has 9 rings (SSSR count). The molecule has 8 aromatic rings. The monoisotopic (exact) mass is 1420 g/mol. The van der Waals surface area contributed by atoms with Gasteiger partial charge in [0.05, 0.1) is 0 Å². The predicted octanol–water partition coefficient (Wildman–Crippen LogP) is 3.98. The summed E-state index contributed by atoms with van der Waals surface area (Å²) in [6.07, 6.45) is 0. The Balaban J connectivity index is 1.70. The van der Waals surface area contributed by atoms with Gasteiger partial charge in [-0.2, -0.15) is 67.3 Å². The van der Waals surface area contributed by atoms with Crippen LogP contribution in [0.15, 0.2) is 87.7 Å². The smallest absolute Gasteiger partial charge is 0.295 e. The van der Waals surface area contributed by atoms with Crippen molar-refractivity contribution < 1.29 is 104 Å². The zero-order valence-corrected chi connectivity index (χ0v) is 56.5. The van der Waals surface area contributed by atoms with Crippen molar-refractivity contribution in [3.8, 4) is 0 Å². The van der Waals surface area contributed by atoms with E-state index < -0.39 is 142 Å². The van der Waals surface area contributed by atoms with Crippen LogP contribution in [0.2, 0.25) is 0 Å². The lowest BCUT2D eigenvalue weighted by Crippen LogP contribution is -2.23. The van der Waals surface area contributed by atoms with Gasteiger partial charge in [-0.05, 0) is 221 Å². The normalized spacial score (nSPS) is 14.0. The number of rotatable bonds is 12. The third-order valence-corrected chi connectivity index (χ3v) is 25.4. The van der Waals surface area contributed by atoms with Gasteiger partial charge in [-0.25, -0.2) is 0 Å². The number of nitrogens with one attached hydrogen (secondary N) is 4. The van der Waals surface area contributed by atoms with E-state index in [1.54, 1.807) is 0 Å². The standard InChI is InChI=1S/C56H56N4O24S8/c1-21-41(22(2)50(86(64,65)66)29(9)49(21)85(61,62)63)45-33-13-15-35(57-33)46(42-23(3)51(87(67,68)69)30(10)52(24(42)4)88(70,71)72)37-17-19-39(59-37)48(44-27(7)55(91(79,80)81)32(12)56(28(44)8)92(82,83)84)40-20-18-38(60-40)47(36-16-14-34(45)58-36)43-25(5)53(89(73,74)75)31(11)54(26(43)6)90(76,77)78/h13-20,57-60H,1-12H3,(H,61,62,63)(H,64,65,66)(H,67,68,69)(H,70,71,72)(H,73,74,75)(H,76,77,78)(H,79,80,81)(H,82,83,84). The van der Waals surface area contributed by atoms with Gasteiger partial charge in [-0.15, -0.1) is 0 Å². The molecular formula is C56H56N4O24S8. The first-order valence-corrected chi connectivity index (χ1v) is 37.9. The summed E-state index contributed by atoms with van der Waals surface area (Å²) in [5.74, 6) is 0. The topological polar surface area (TPSA) is 498 Å². The van der Waals surface area contributed by atoms with Crippen molar-refractivity contribution >= 4 is 103 Å². The second kappa shape index (κ2) is 22.2. The summed E-state index contributed by atoms with van der Waals surface area (Å²) < 4.78 is 303. The van der Waals surface area contributed by atoms with Crippen molar-refractivity contribution in [3.05, 3.63) is 182 Å². The quantitative estimate of drug-likeness (QED) is 0.0770. The van der Waals surface area contributed by atoms with Crippen molar-refractivity contribution in [1.82, 2.24) is 19.9 Å². The zero-order valence-electron chi connectivity index (χ0n) is 50.0. The summed E-state index contributed by atoms with van der Waals surface area (Å²) in [5.41, 5.74) is -8.81. The summed E-state index contributed by atoms with van der Waals surface area (Å²) in [6.45, 7) is 13.3. The average molecular weight is 1430 g/mol. The molecule has 0 amide bonds. The summed E-state index contributed by atoms with van der Waals surface area (Å²) in [4.78, 5) is 4.44. The number of benzene rings is 4. The molecule has 0 aliphatic carbocycles. The number of H-pyrrole nitrogens is 4. The summed E-state index contributed by atoms with van der Waals surface area (Å²) >= 11 is 0. The highest BCUT2D eigenvalue weighted by molar-refractivity contribution is 7.88. The van der Waals surface area contributed by atoms with E-state index in [0.29, 0.717) is 0 Å². The molecule has 28 nitrogen and oxygen atoms in total. The molecule has 0 saturated heterocycles. The number of aromatic nitrogens is 4. The van der Waals surface area contributed by atoms with Gasteiger partial charge in [0.25, 0.3) is 80.9 Å². The van der Waals surface area contributed by atoms with Crippen molar-refractivity contribution in [1.29, 1.82) is 0 Å². The first kappa shape index (κ1) is 69.1. The Labute approximate surface area is 527 Å². The van der Waals surface area contributed by atoms with Crippen molar-refractivity contribution in [2.24, 2.45) is 0 Å². The molecule has 0 fully saturated rings. The Kier molecular flexibility index (Phi) is 16.7. The maximum absolute atomic E-state index is 13.5. The van der Waals surface area contributed by atoms with Crippen molar-refractivity contribution in [3.63, 3.8) is 0 Å². The van der Waals surface area contributed by atoms with Crippen LogP contribution in [0, 0.1) is 83.1 Å². The van der Waals surface area contributed by atoms with E-state index in [1.165, 1.54) is 104 Å². The Morgan fingerprint density at radius 1 is 0.207 bits per heavy atom. The first-order chi connectivity index (χ1) is 41.8. The molecule has 12 N–H and O–H groups in total. The van der Waals surface area contributed by atoms with Gasteiger partial charge in [0.1, 0.15) is 39.2 Å². The minimum absolute atomic E-state index is 0.197. The molecule has 0 saturated carbocycles. The molecule has 36 heteroatoms. The van der Waals surface area contributed by atoms with Crippen LogP contribution in [0.3, 0.4) is 0 Å². The molecule has 1 aliphatic heterocycles. The number of aromatic amines is 4. The third-order valence-electron chi connectivity index (χ3n) is 16.4. The Bertz CT molecular complexity index is 5030. The largest absolute Gasteiger partial charge is 0.354 e. The molecule has 5 heterocycles. The Morgan fingerprint density at radius 2 is 0.337 bits per heavy atom. The molecule has 92 heavy (non-hydrogen) atoms. The van der Waals surface area contributed by atoms with E-state index in [-0.39, 0.29) is 133 Å². The summed E-state index contributed by atoms with van der Waals surface area (Å²) in [7, 11) is -43.7. The lowest BCUT2D eigenvalue weighted by Gasteiger charge is -2.22. The molecule has 0 unspecified atom stereocenters. The minimum Gasteiger partial charge on any atom is -0.354 e. The second-order valence-electron chi connectivity index (χ2n) is 22.1. The van der Waals surface area contributed by atoms with Crippen molar-refractivity contribution in [2.45, 2.75) is 122 Å².